The van der Waals surface area contributed by atoms with Crippen molar-refractivity contribution in [3.63, 3.8) is 0 Å². The second-order valence-corrected chi connectivity index (χ2v) is 6.56. The van der Waals surface area contributed by atoms with E-state index in [1.54, 1.807) is 6.07 Å². The first-order chi connectivity index (χ1) is 6.58. The molecule has 0 radical (unpaired) electrons. The lowest BCUT2D eigenvalue weighted by Crippen LogP contribution is -2.17. The van der Waals surface area contributed by atoms with Gasteiger partial charge in [-0.2, -0.15) is 0 Å². The van der Waals surface area contributed by atoms with Crippen LogP contribution in [-0.4, -0.2) is 13.7 Å². The third-order valence-corrected chi connectivity index (χ3v) is 4.59. The van der Waals surface area contributed by atoms with E-state index in [1.807, 2.05) is 18.2 Å². The molecule has 1 aliphatic rings. The Bertz CT molecular complexity index is 440. The average Bonchev–Trinajstić information content (AvgIpc) is 2.84. The van der Waals surface area contributed by atoms with Crippen LogP contribution >= 0.6 is 22.6 Å². The fraction of sp³-hybridized carbons (Fsp3) is 0.333. The summed E-state index contributed by atoms with van der Waals surface area (Å²) in [4.78, 5) is 0. The van der Waals surface area contributed by atoms with Gasteiger partial charge in [-0.3, -0.25) is 4.72 Å². The summed E-state index contributed by atoms with van der Waals surface area (Å²) in [6.45, 7) is 0. The zero-order chi connectivity index (χ0) is 10.2. The lowest BCUT2D eigenvalue weighted by Gasteiger charge is -2.06. The Hall–Kier alpha value is -0.300. The van der Waals surface area contributed by atoms with Crippen LogP contribution < -0.4 is 4.72 Å². The Morgan fingerprint density at radius 3 is 2.64 bits per heavy atom. The van der Waals surface area contributed by atoms with Gasteiger partial charge < -0.3 is 0 Å². The molecule has 0 spiro atoms. The van der Waals surface area contributed by atoms with Crippen molar-refractivity contribution < 1.29 is 8.42 Å². The number of rotatable bonds is 3. The number of halogens is 1. The molecular formula is C9H10INO2S. The van der Waals surface area contributed by atoms with Crippen molar-refractivity contribution in [1.29, 1.82) is 0 Å². The molecule has 1 aromatic carbocycles. The molecule has 1 aromatic rings. The van der Waals surface area contributed by atoms with E-state index in [0.29, 0.717) is 5.69 Å². The van der Waals surface area contributed by atoms with Gasteiger partial charge in [-0.25, -0.2) is 8.42 Å². The van der Waals surface area contributed by atoms with Gasteiger partial charge in [0, 0.05) is 9.26 Å². The van der Waals surface area contributed by atoms with Crippen molar-refractivity contribution in [1.82, 2.24) is 0 Å². The van der Waals surface area contributed by atoms with Gasteiger partial charge in [-0.05, 0) is 53.6 Å². The van der Waals surface area contributed by atoms with Crippen LogP contribution in [0.3, 0.4) is 0 Å². The number of sulfonamides is 1. The van der Waals surface area contributed by atoms with E-state index in [9.17, 15) is 8.42 Å². The molecule has 3 nitrogen and oxygen atoms in total. The summed E-state index contributed by atoms with van der Waals surface area (Å²) in [5, 5.41) is -0.166. The summed E-state index contributed by atoms with van der Waals surface area (Å²) in [6, 6.07) is 7.35. The predicted molar refractivity (Wildman–Crippen MR) is 64.7 cm³/mol. The zero-order valence-electron chi connectivity index (χ0n) is 7.40. The Labute approximate surface area is 97.1 Å². The molecule has 5 heteroatoms. The Balaban J connectivity index is 2.18. The van der Waals surface area contributed by atoms with Crippen molar-refractivity contribution in [2.45, 2.75) is 18.1 Å². The van der Waals surface area contributed by atoms with E-state index >= 15 is 0 Å². The molecular weight excluding hydrogens is 313 g/mol. The minimum absolute atomic E-state index is 0.166. The van der Waals surface area contributed by atoms with Crippen LogP contribution in [0.5, 0.6) is 0 Å². The number of benzene rings is 1. The van der Waals surface area contributed by atoms with Crippen LogP contribution in [0.1, 0.15) is 12.8 Å². The SMILES string of the molecule is O=S(=O)(Nc1cccc(I)c1)C1CC1. The molecule has 1 aliphatic carbocycles. The predicted octanol–water partition coefficient (Wildman–Crippen LogP) is 2.20. The Morgan fingerprint density at radius 1 is 1.36 bits per heavy atom. The third kappa shape index (κ3) is 2.38. The van der Waals surface area contributed by atoms with Crippen molar-refractivity contribution in [3.05, 3.63) is 27.8 Å². The number of nitrogens with one attached hydrogen (secondary N) is 1. The van der Waals surface area contributed by atoms with Crippen LogP contribution in [0.25, 0.3) is 0 Å². The van der Waals surface area contributed by atoms with Gasteiger partial charge in [-0.1, -0.05) is 6.07 Å². The minimum atomic E-state index is -3.11. The maximum atomic E-state index is 11.6. The van der Waals surface area contributed by atoms with Gasteiger partial charge in [0.05, 0.1) is 5.25 Å². The van der Waals surface area contributed by atoms with E-state index in [0.717, 1.165) is 16.4 Å². The van der Waals surface area contributed by atoms with Gasteiger partial charge >= 0.3 is 0 Å². The van der Waals surface area contributed by atoms with E-state index in [4.69, 9.17) is 0 Å². The summed E-state index contributed by atoms with van der Waals surface area (Å²) in [7, 11) is -3.11. The number of hydrogen-bond donors (Lipinski definition) is 1. The van der Waals surface area contributed by atoms with Crippen LogP contribution in [0.4, 0.5) is 5.69 Å². The molecule has 0 aromatic heterocycles. The van der Waals surface area contributed by atoms with Gasteiger partial charge in [-0.15, -0.1) is 0 Å². The van der Waals surface area contributed by atoms with E-state index in [-0.39, 0.29) is 5.25 Å². The highest BCUT2D eigenvalue weighted by molar-refractivity contribution is 14.1. The van der Waals surface area contributed by atoms with E-state index in [1.165, 1.54) is 0 Å². The summed E-state index contributed by atoms with van der Waals surface area (Å²) in [5.41, 5.74) is 0.656. The molecule has 1 saturated carbocycles. The van der Waals surface area contributed by atoms with E-state index < -0.39 is 10.0 Å². The standard InChI is InChI=1S/C9H10INO2S/c10-7-2-1-3-8(6-7)11-14(12,13)9-4-5-9/h1-3,6,9,11H,4-5H2. The number of hydrogen-bond acceptors (Lipinski definition) is 2. The largest absolute Gasteiger partial charge is 0.283 e. The second-order valence-electron chi connectivity index (χ2n) is 3.36. The zero-order valence-corrected chi connectivity index (χ0v) is 10.4. The first-order valence-electron chi connectivity index (χ1n) is 4.35. The normalized spacial score (nSPS) is 16.6. The fourth-order valence-electron chi connectivity index (χ4n) is 1.18. The molecule has 0 aliphatic heterocycles. The van der Waals surface area contributed by atoms with Gasteiger partial charge in [0.25, 0.3) is 0 Å². The van der Waals surface area contributed by atoms with Crippen LogP contribution in [-0.2, 0) is 10.0 Å². The van der Waals surface area contributed by atoms with Crippen molar-refractivity contribution in [3.8, 4) is 0 Å². The summed E-state index contributed by atoms with van der Waals surface area (Å²) in [6.07, 6.45) is 1.58. The minimum Gasteiger partial charge on any atom is -0.283 e. The summed E-state index contributed by atoms with van der Waals surface area (Å²) >= 11 is 2.16. The molecule has 76 valence electrons. The third-order valence-electron chi connectivity index (χ3n) is 2.05. The van der Waals surface area contributed by atoms with Crippen LogP contribution in [0, 0.1) is 3.57 Å². The second kappa shape index (κ2) is 3.69. The molecule has 0 atom stereocenters. The maximum Gasteiger partial charge on any atom is 0.235 e. The molecule has 1 N–H and O–H groups in total. The molecule has 0 saturated heterocycles. The summed E-state index contributed by atoms with van der Waals surface area (Å²) < 4.78 is 26.7. The fourth-order valence-corrected chi connectivity index (χ4v) is 3.10. The van der Waals surface area contributed by atoms with Crippen LogP contribution in [0.15, 0.2) is 24.3 Å². The van der Waals surface area contributed by atoms with Crippen molar-refractivity contribution in [2.75, 3.05) is 4.72 Å². The monoisotopic (exact) mass is 323 g/mol. The highest BCUT2D eigenvalue weighted by atomic mass is 127. The highest BCUT2D eigenvalue weighted by Gasteiger charge is 2.35. The van der Waals surface area contributed by atoms with Gasteiger partial charge in [0.15, 0.2) is 0 Å². The molecule has 14 heavy (non-hydrogen) atoms. The molecule has 1 fully saturated rings. The molecule has 2 rings (SSSR count). The molecule has 0 unspecified atom stereocenters. The first-order valence-corrected chi connectivity index (χ1v) is 6.98. The average molecular weight is 323 g/mol. The van der Waals surface area contributed by atoms with E-state index in [2.05, 4.69) is 27.3 Å². The smallest absolute Gasteiger partial charge is 0.235 e. The first kappa shape index (κ1) is 10.2. The van der Waals surface area contributed by atoms with Crippen molar-refractivity contribution in [2.24, 2.45) is 0 Å². The quantitative estimate of drug-likeness (QED) is 0.867. The van der Waals surface area contributed by atoms with Crippen LogP contribution in [0.2, 0.25) is 0 Å². The molecule has 0 bridgehead atoms. The Morgan fingerprint density at radius 2 is 2.07 bits per heavy atom. The maximum absolute atomic E-state index is 11.6. The Kier molecular flexibility index (Phi) is 2.70. The number of anilines is 1. The lowest BCUT2D eigenvalue weighted by molar-refractivity contribution is 0.600. The molecule has 0 heterocycles. The topological polar surface area (TPSA) is 46.2 Å². The van der Waals surface area contributed by atoms with Crippen molar-refractivity contribution >= 4 is 38.3 Å². The van der Waals surface area contributed by atoms with Gasteiger partial charge in [0.1, 0.15) is 0 Å². The highest BCUT2D eigenvalue weighted by Crippen LogP contribution is 2.29. The summed E-state index contributed by atoms with van der Waals surface area (Å²) in [5.74, 6) is 0. The van der Waals surface area contributed by atoms with Gasteiger partial charge in [0.2, 0.25) is 10.0 Å². The molecule has 0 amide bonds. The lowest BCUT2D eigenvalue weighted by atomic mass is 10.3.